The van der Waals surface area contributed by atoms with Gasteiger partial charge >= 0.3 is 5.97 Å². The fourth-order valence-corrected chi connectivity index (χ4v) is 4.92. The molecule has 0 saturated carbocycles. The van der Waals surface area contributed by atoms with Crippen LogP contribution in [-0.2, 0) is 11.3 Å². The predicted molar refractivity (Wildman–Crippen MR) is 143 cm³/mol. The number of benzene rings is 1. The highest BCUT2D eigenvalue weighted by atomic mass is 32.1. The zero-order valence-electron chi connectivity index (χ0n) is 21.0. The van der Waals surface area contributed by atoms with E-state index in [9.17, 15) is 9.90 Å². The summed E-state index contributed by atoms with van der Waals surface area (Å²) in [5, 5.41) is 31.1. The molecule has 1 saturated heterocycles. The third-order valence-corrected chi connectivity index (χ3v) is 7.03. The van der Waals surface area contributed by atoms with Gasteiger partial charge in [0, 0.05) is 31.3 Å². The van der Waals surface area contributed by atoms with Crippen LogP contribution in [0.4, 0.5) is 22.7 Å². The molecule has 13 nitrogen and oxygen atoms in total. The first-order valence-corrected chi connectivity index (χ1v) is 13.1. The Morgan fingerprint density at radius 1 is 1.24 bits per heavy atom. The van der Waals surface area contributed by atoms with Gasteiger partial charge in [-0.3, -0.25) is 5.32 Å². The maximum Gasteiger partial charge on any atom is 0.350 e. The van der Waals surface area contributed by atoms with Gasteiger partial charge in [-0.05, 0) is 43.5 Å². The summed E-state index contributed by atoms with van der Waals surface area (Å²) in [5.74, 6) is 1.82. The minimum Gasteiger partial charge on any atom is -0.462 e. The van der Waals surface area contributed by atoms with E-state index in [4.69, 9.17) is 9.72 Å². The molecule has 0 unspecified atom stereocenters. The van der Waals surface area contributed by atoms with E-state index in [1.807, 2.05) is 30.3 Å². The number of aromatic amines is 1. The van der Waals surface area contributed by atoms with Gasteiger partial charge < -0.3 is 20.1 Å². The van der Waals surface area contributed by atoms with Crippen LogP contribution in [0.2, 0.25) is 0 Å². The van der Waals surface area contributed by atoms with Crippen LogP contribution >= 0.6 is 11.3 Å². The largest absolute Gasteiger partial charge is 0.462 e. The number of hydrogen-bond acceptors (Lipinski definition) is 13. The molecule has 5 rings (SSSR count). The van der Waals surface area contributed by atoms with Crippen molar-refractivity contribution in [2.75, 3.05) is 35.2 Å². The van der Waals surface area contributed by atoms with E-state index < -0.39 is 5.97 Å². The second-order valence-corrected chi connectivity index (χ2v) is 9.72. The summed E-state index contributed by atoms with van der Waals surface area (Å²) < 4.78 is 5.13. The summed E-state index contributed by atoms with van der Waals surface area (Å²) in [4.78, 5) is 28.6. The Morgan fingerprint density at radius 3 is 2.84 bits per heavy atom. The molecule has 38 heavy (non-hydrogen) atoms. The summed E-state index contributed by atoms with van der Waals surface area (Å²) in [7, 11) is 0. The summed E-state index contributed by atoms with van der Waals surface area (Å²) in [6.45, 7) is 5.70. The number of carbonyl (C=O) groups is 1. The average Bonchev–Trinajstić information content (AvgIpc) is 3.58. The maximum atomic E-state index is 12.2. The number of rotatable bonds is 9. The van der Waals surface area contributed by atoms with Crippen LogP contribution in [-0.4, -0.2) is 72.5 Å². The molecule has 4 heterocycles. The molecule has 0 spiro atoms. The molecule has 0 aliphatic carbocycles. The lowest BCUT2D eigenvalue weighted by Gasteiger charge is -2.30. The van der Waals surface area contributed by atoms with E-state index in [0.717, 1.165) is 16.9 Å². The molecule has 4 N–H and O–H groups in total. The van der Waals surface area contributed by atoms with Crippen molar-refractivity contribution in [2.24, 2.45) is 0 Å². The van der Waals surface area contributed by atoms with Gasteiger partial charge in [0.25, 0.3) is 0 Å². The van der Waals surface area contributed by atoms with Crippen LogP contribution in [0.25, 0.3) is 11.4 Å². The first kappa shape index (κ1) is 25.5. The van der Waals surface area contributed by atoms with Crippen molar-refractivity contribution in [2.45, 2.75) is 39.3 Å². The van der Waals surface area contributed by atoms with E-state index in [1.165, 1.54) is 11.3 Å². The first-order valence-electron chi connectivity index (χ1n) is 12.3. The molecule has 0 radical (unpaired) electrons. The Labute approximate surface area is 222 Å². The Morgan fingerprint density at radius 2 is 2.08 bits per heavy atom. The molecule has 1 aromatic carbocycles. The Balaban J connectivity index is 1.38. The van der Waals surface area contributed by atoms with E-state index >= 15 is 0 Å². The molecule has 1 fully saturated rings. The van der Waals surface area contributed by atoms with Gasteiger partial charge in [-0.25, -0.2) is 9.78 Å². The van der Waals surface area contributed by atoms with Gasteiger partial charge in [-0.2, -0.15) is 15.2 Å². The number of esters is 1. The fourth-order valence-electron chi connectivity index (χ4n) is 4.07. The van der Waals surface area contributed by atoms with Gasteiger partial charge in [-0.15, -0.1) is 10.2 Å². The average molecular weight is 537 g/mol. The Hall–Kier alpha value is -4.17. The van der Waals surface area contributed by atoms with E-state index in [-0.39, 0.29) is 6.10 Å². The second kappa shape index (κ2) is 11.5. The third-order valence-electron chi connectivity index (χ3n) is 5.98. The van der Waals surface area contributed by atoms with Crippen LogP contribution in [0.5, 0.6) is 0 Å². The van der Waals surface area contributed by atoms with Crippen molar-refractivity contribution in [1.29, 1.82) is 0 Å². The van der Waals surface area contributed by atoms with Crippen molar-refractivity contribution in [3.8, 4) is 11.4 Å². The quantitative estimate of drug-likeness (QED) is 0.231. The summed E-state index contributed by atoms with van der Waals surface area (Å²) >= 11 is 1.20. The van der Waals surface area contributed by atoms with Gasteiger partial charge in [0.2, 0.25) is 11.8 Å². The van der Waals surface area contributed by atoms with Crippen LogP contribution in [0.1, 0.15) is 40.7 Å². The summed E-state index contributed by atoms with van der Waals surface area (Å²) in [5.41, 5.74) is 2.45. The van der Waals surface area contributed by atoms with Crippen LogP contribution < -0.4 is 15.5 Å². The number of nitrogens with zero attached hydrogens (tertiary/aromatic N) is 7. The number of H-pyrrole nitrogens is 1. The highest BCUT2D eigenvalue weighted by Gasteiger charge is 2.21. The van der Waals surface area contributed by atoms with Gasteiger partial charge in [0.15, 0.2) is 5.13 Å². The number of tetrazole rings is 1. The van der Waals surface area contributed by atoms with Crippen LogP contribution in [0, 0.1) is 6.92 Å². The number of piperidine rings is 1. The lowest BCUT2D eigenvalue weighted by Crippen LogP contribution is -2.36. The molecule has 4 aromatic rings. The number of aliphatic hydroxyl groups excluding tert-OH is 1. The zero-order chi connectivity index (χ0) is 26.5. The Kier molecular flexibility index (Phi) is 7.70. The number of nitrogens with one attached hydrogen (secondary N) is 3. The monoisotopic (exact) mass is 536 g/mol. The van der Waals surface area contributed by atoms with E-state index in [2.05, 4.69) is 46.1 Å². The number of aromatic nitrogens is 7. The normalized spacial score (nSPS) is 13.9. The number of thiazole rings is 1. The van der Waals surface area contributed by atoms with Crippen LogP contribution in [0.15, 0.2) is 30.3 Å². The number of anilines is 4. The van der Waals surface area contributed by atoms with Crippen LogP contribution in [0.3, 0.4) is 0 Å². The summed E-state index contributed by atoms with van der Waals surface area (Å²) in [6.07, 6.45) is 1.05. The van der Waals surface area contributed by atoms with E-state index in [1.54, 1.807) is 13.8 Å². The standard InChI is InChI=1S/C24H28N10O3S/c1-3-37-22(36)20-14(2)26-24(38-20)29-23-27-18(12-19(28-23)34-9-7-17(35)8-10-34)25-13-15-5-4-6-16(11-15)21-30-32-33-31-21/h4-6,11-12,17,35H,3,7-10,13H2,1-2H3,(H,30,31,32,33)(H2,25,26,27,28,29). The van der Waals surface area contributed by atoms with Crippen molar-refractivity contribution >= 4 is 40.0 Å². The molecule has 198 valence electrons. The van der Waals surface area contributed by atoms with Crippen molar-refractivity contribution in [3.63, 3.8) is 0 Å². The Bertz CT molecular complexity index is 1390. The molecule has 14 heteroatoms. The van der Waals surface area contributed by atoms with Crippen molar-refractivity contribution in [1.82, 2.24) is 35.6 Å². The smallest absolute Gasteiger partial charge is 0.350 e. The first-order chi connectivity index (χ1) is 18.5. The highest BCUT2D eigenvalue weighted by Crippen LogP contribution is 2.28. The van der Waals surface area contributed by atoms with Crippen molar-refractivity contribution < 1.29 is 14.6 Å². The number of ether oxygens (including phenoxy) is 1. The molecular weight excluding hydrogens is 508 g/mol. The lowest BCUT2D eigenvalue weighted by molar-refractivity contribution is 0.0531. The zero-order valence-corrected chi connectivity index (χ0v) is 21.8. The topological polar surface area (TPSA) is 167 Å². The highest BCUT2D eigenvalue weighted by molar-refractivity contribution is 7.17. The maximum absolute atomic E-state index is 12.2. The molecule has 1 aliphatic heterocycles. The molecule has 0 atom stereocenters. The number of aryl methyl sites for hydroxylation is 1. The van der Waals surface area contributed by atoms with Crippen molar-refractivity contribution in [3.05, 3.63) is 46.5 Å². The third kappa shape index (κ3) is 6.03. The van der Waals surface area contributed by atoms with Gasteiger partial charge in [0.1, 0.15) is 16.5 Å². The molecule has 0 bridgehead atoms. The van der Waals surface area contributed by atoms with Gasteiger partial charge in [0.05, 0.1) is 18.4 Å². The second-order valence-electron chi connectivity index (χ2n) is 8.72. The molecular formula is C24H28N10O3S. The predicted octanol–water partition coefficient (Wildman–Crippen LogP) is 2.92. The number of carbonyl (C=O) groups excluding carboxylic acids is 1. The number of aliphatic hydroxyl groups is 1. The molecule has 3 aromatic heterocycles. The minimum absolute atomic E-state index is 0.293. The van der Waals surface area contributed by atoms with E-state index in [0.29, 0.717) is 72.4 Å². The number of hydrogen-bond donors (Lipinski definition) is 4. The SMILES string of the molecule is CCOC(=O)c1sc(Nc2nc(NCc3cccc(-c4nn[nH]n4)c3)cc(N3CCC(O)CC3)n2)nc1C. The molecule has 1 aliphatic rings. The molecule has 0 amide bonds. The minimum atomic E-state index is -0.400. The fraction of sp³-hybridized carbons (Fsp3) is 0.375. The summed E-state index contributed by atoms with van der Waals surface area (Å²) in [6, 6.07) is 9.74. The lowest BCUT2D eigenvalue weighted by atomic mass is 10.1. The van der Waals surface area contributed by atoms with Gasteiger partial charge in [-0.1, -0.05) is 29.5 Å².